The molecule has 0 atom stereocenters. The highest BCUT2D eigenvalue weighted by Gasteiger charge is 2.34. The lowest BCUT2D eigenvalue weighted by molar-refractivity contribution is -0.141. The van der Waals surface area contributed by atoms with E-state index < -0.39 is 17.8 Å². The van der Waals surface area contributed by atoms with Crippen LogP contribution in [0.15, 0.2) is 12.4 Å². The monoisotopic (exact) mass is 424 g/mol. The van der Waals surface area contributed by atoms with Crippen molar-refractivity contribution in [3.63, 3.8) is 0 Å². The maximum Gasteiger partial charge on any atom is 0.435 e. The number of thiophene rings is 1. The fourth-order valence-corrected chi connectivity index (χ4v) is 4.11. The number of esters is 1. The largest absolute Gasteiger partial charge is 0.465 e. The standard InChI is InChI=1S/C17H15F3N6O2S/c1-8-6-10(17(18,19)20)23-25(8)5-4-11-22-14-12-9(2)13(16(27)28-3)29-15(12)21-7-26(14)24-11/h6-7H,4-5H2,1-3H3. The molecule has 0 amide bonds. The van der Waals surface area contributed by atoms with Crippen molar-refractivity contribution in [3.05, 3.63) is 40.0 Å². The van der Waals surface area contributed by atoms with Gasteiger partial charge in [-0.1, -0.05) is 0 Å². The van der Waals surface area contributed by atoms with Gasteiger partial charge in [-0.15, -0.1) is 16.4 Å². The molecule has 0 radical (unpaired) electrons. The van der Waals surface area contributed by atoms with Crippen molar-refractivity contribution in [2.75, 3.05) is 7.11 Å². The van der Waals surface area contributed by atoms with Crippen LogP contribution in [0.5, 0.6) is 0 Å². The van der Waals surface area contributed by atoms with E-state index in [4.69, 9.17) is 4.74 Å². The van der Waals surface area contributed by atoms with Gasteiger partial charge in [-0.3, -0.25) is 4.68 Å². The molecule has 0 saturated heterocycles. The van der Waals surface area contributed by atoms with E-state index in [0.29, 0.717) is 37.8 Å². The van der Waals surface area contributed by atoms with Crippen molar-refractivity contribution in [2.24, 2.45) is 0 Å². The molecule has 29 heavy (non-hydrogen) atoms. The Hall–Kier alpha value is -3.02. The highest BCUT2D eigenvalue weighted by Crippen LogP contribution is 2.32. The molecular weight excluding hydrogens is 409 g/mol. The molecule has 12 heteroatoms. The maximum atomic E-state index is 12.8. The van der Waals surface area contributed by atoms with Gasteiger partial charge in [0.25, 0.3) is 0 Å². The first-order valence-electron chi connectivity index (χ1n) is 8.52. The zero-order valence-corrected chi connectivity index (χ0v) is 16.4. The smallest absolute Gasteiger partial charge is 0.435 e. The van der Waals surface area contributed by atoms with Crippen LogP contribution in [-0.2, 0) is 23.9 Å². The second-order valence-corrected chi connectivity index (χ2v) is 7.41. The third-order valence-electron chi connectivity index (χ3n) is 4.50. The molecule has 0 aliphatic carbocycles. The van der Waals surface area contributed by atoms with Crippen molar-refractivity contribution in [2.45, 2.75) is 33.0 Å². The van der Waals surface area contributed by atoms with Gasteiger partial charge in [0, 0.05) is 18.7 Å². The van der Waals surface area contributed by atoms with E-state index in [2.05, 4.69) is 20.2 Å². The first kappa shape index (κ1) is 19.3. The van der Waals surface area contributed by atoms with Crippen molar-refractivity contribution >= 4 is 33.2 Å². The molecule has 0 aromatic carbocycles. The van der Waals surface area contributed by atoms with Crippen LogP contribution >= 0.6 is 11.3 Å². The topological polar surface area (TPSA) is 87.2 Å². The molecule has 4 rings (SSSR count). The number of hydrogen-bond acceptors (Lipinski definition) is 7. The first-order chi connectivity index (χ1) is 13.7. The molecule has 0 unspecified atom stereocenters. The van der Waals surface area contributed by atoms with E-state index >= 15 is 0 Å². The number of rotatable bonds is 4. The Morgan fingerprint density at radius 2 is 2.03 bits per heavy atom. The molecule has 4 aromatic heterocycles. The molecule has 0 N–H and O–H groups in total. The molecule has 152 valence electrons. The van der Waals surface area contributed by atoms with Gasteiger partial charge in [0.05, 0.1) is 12.5 Å². The van der Waals surface area contributed by atoms with Crippen molar-refractivity contribution in [1.82, 2.24) is 29.4 Å². The molecule has 0 saturated carbocycles. The van der Waals surface area contributed by atoms with Crippen LogP contribution in [0.3, 0.4) is 0 Å². The van der Waals surface area contributed by atoms with Gasteiger partial charge in [0.15, 0.2) is 17.2 Å². The number of aromatic nitrogens is 6. The Labute approximate surface area is 165 Å². The average molecular weight is 424 g/mol. The van der Waals surface area contributed by atoms with Crippen LogP contribution in [0.2, 0.25) is 0 Å². The average Bonchev–Trinajstić information content (AvgIpc) is 3.33. The Bertz CT molecular complexity index is 1240. The van der Waals surface area contributed by atoms with Crippen molar-refractivity contribution < 1.29 is 22.7 Å². The number of hydrogen-bond donors (Lipinski definition) is 0. The summed E-state index contributed by atoms with van der Waals surface area (Å²) in [6, 6.07) is 1.01. The minimum absolute atomic E-state index is 0.200. The fourth-order valence-electron chi connectivity index (χ4n) is 3.05. The molecule has 0 fully saturated rings. The third-order valence-corrected chi connectivity index (χ3v) is 5.68. The van der Waals surface area contributed by atoms with Crippen LogP contribution in [0, 0.1) is 13.8 Å². The van der Waals surface area contributed by atoms with E-state index in [9.17, 15) is 18.0 Å². The van der Waals surface area contributed by atoms with Gasteiger partial charge in [-0.2, -0.15) is 18.3 Å². The normalized spacial score (nSPS) is 12.2. The lowest BCUT2D eigenvalue weighted by Gasteiger charge is -2.02. The van der Waals surface area contributed by atoms with E-state index in [0.717, 1.165) is 6.07 Å². The number of halogens is 3. The predicted octanol–water partition coefficient (Wildman–Crippen LogP) is 3.20. The van der Waals surface area contributed by atoms with E-state index in [-0.39, 0.29) is 13.0 Å². The molecule has 4 aromatic rings. The van der Waals surface area contributed by atoms with Gasteiger partial charge in [0.2, 0.25) is 0 Å². The summed E-state index contributed by atoms with van der Waals surface area (Å²) in [5, 5.41) is 8.66. The van der Waals surface area contributed by atoms with Gasteiger partial charge in [-0.05, 0) is 25.5 Å². The summed E-state index contributed by atoms with van der Waals surface area (Å²) in [4.78, 5) is 21.8. The Morgan fingerprint density at radius 3 is 2.69 bits per heavy atom. The quantitative estimate of drug-likeness (QED) is 0.468. The second kappa shape index (κ2) is 6.79. The van der Waals surface area contributed by atoms with Crippen LogP contribution in [0.1, 0.15) is 32.4 Å². The summed E-state index contributed by atoms with van der Waals surface area (Å²) < 4.78 is 46.0. The lowest BCUT2D eigenvalue weighted by Crippen LogP contribution is -2.10. The number of methoxy groups -OCH3 is 1. The molecule has 8 nitrogen and oxygen atoms in total. The highest BCUT2D eigenvalue weighted by atomic mass is 32.1. The number of carbonyl (C=O) groups is 1. The zero-order valence-electron chi connectivity index (χ0n) is 15.6. The van der Waals surface area contributed by atoms with Crippen LogP contribution in [0.25, 0.3) is 15.9 Å². The Balaban J connectivity index is 1.66. The van der Waals surface area contributed by atoms with Gasteiger partial charge in [-0.25, -0.2) is 19.3 Å². The van der Waals surface area contributed by atoms with Crippen LogP contribution in [-0.4, -0.2) is 42.4 Å². The molecule has 0 aliphatic heterocycles. The van der Waals surface area contributed by atoms with Gasteiger partial charge >= 0.3 is 12.1 Å². The number of aryl methyl sites for hydroxylation is 4. The minimum Gasteiger partial charge on any atom is -0.465 e. The predicted molar refractivity (Wildman–Crippen MR) is 97.9 cm³/mol. The fraction of sp³-hybridized carbons (Fsp3) is 0.353. The van der Waals surface area contributed by atoms with Gasteiger partial charge in [0.1, 0.15) is 16.0 Å². The second-order valence-electron chi connectivity index (χ2n) is 6.41. The summed E-state index contributed by atoms with van der Waals surface area (Å²) in [7, 11) is 1.31. The van der Waals surface area contributed by atoms with Gasteiger partial charge < -0.3 is 4.74 Å². The number of carbonyl (C=O) groups excluding carboxylic acids is 1. The molecule has 4 heterocycles. The van der Waals surface area contributed by atoms with Crippen molar-refractivity contribution in [3.8, 4) is 0 Å². The zero-order chi connectivity index (χ0) is 20.9. The number of alkyl halides is 3. The third kappa shape index (κ3) is 3.33. The summed E-state index contributed by atoms with van der Waals surface area (Å²) >= 11 is 1.21. The summed E-state index contributed by atoms with van der Waals surface area (Å²) in [5.74, 6) is -0.00834. The van der Waals surface area contributed by atoms with Crippen LogP contribution in [0.4, 0.5) is 13.2 Å². The number of nitrogens with zero attached hydrogens (tertiary/aromatic N) is 6. The molecule has 0 aliphatic rings. The summed E-state index contributed by atoms with van der Waals surface area (Å²) in [6.45, 7) is 3.55. The summed E-state index contributed by atoms with van der Waals surface area (Å²) in [6.07, 6.45) is -2.70. The Kier molecular flexibility index (Phi) is 4.52. The summed E-state index contributed by atoms with van der Waals surface area (Å²) in [5.41, 5.74) is 0.711. The molecular formula is C17H15F3N6O2S. The Morgan fingerprint density at radius 1 is 1.28 bits per heavy atom. The van der Waals surface area contributed by atoms with Crippen molar-refractivity contribution in [1.29, 1.82) is 0 Å². The number of ether oxygens (including phenoxy) is 1. The van der Waals surface area contributed by atoms with E-state index in [1.807, 2.05) is 0 Å². The minimum atomic E-state index is -4.48. The van der Waals surface area contributed by atoms with Crippen LogP contribution < -0.4 is 0 Å². The lowest BCUT2D eigenvalue weighted by atomic mass is 10.2. The van der Waals surface area contributed by atoms with E-state index in [1.54, 1.807) is 13.8 Å². The number of fused-ring (bicyclic) bond motifs is 3. The molecule has 0 bridgehead atoms. The SMILES string of the molecule is COC(=O)c1sc2ncn3nc(CCn4nc(C(F)(F)F)cc4C)nc3c2c1C. The molecule has 0 spiro atoms. The maximum absolute atomic E-state index is 12.8. The van der Waals surface area contributed by atoms with E-state index in [1.165, 1.54) is 34.0 Å². The first-order valence-corrected chi connectivity index (χ1v) is 9.34. The highest BCUT2D eigenvalue weighted by molar-refractivity contribution is 7.20.